The van der Waals surface area contributed by atoms with Gasteiger partial charge in [0.15, 0.2) is 6.29 Å². The van der Waals surface area contributed by atoms with Crippen LogP contribution in [-0.2, 0) is 6.54 Å². The van der Waals surface area contributed by atoms with Gasteiger partial charge in [0, 0.05) is 18.3 Å². The lowest BCUT2D eigenvalue weighted by atomic mass is 10.1. The molecule has 1 aromatic heterocycles. The van der Waals surface area contributed by atoms with Crippen molar-refractivity contribution in [3.8, 4) is 11.3 Å². The Hall–Kier alpha value is -1.90. The van der Waals surface area contributed by atoms with Crippen molar-refractivity contribution in [3.63, 3.8) is 0 Å². The van der Waals surface area contributed by atoms with Gasteiger partial charge in [-0.1, -0.05) is 23.8 Å². The molecule has 0 saturated heterocycles. The van der Waals surface area contributed by atoms with Crippen LogP contribution in [0.3, 0.4) is 0 Å². The van der Waals surface area contributed by atoms with Crippen LogP contribution in [0.5, 0.6) is 0 Å². The van der Waals surface area contributed by atoms with E-state index in [-0.39, 0.29) is 0 Å². The van der Waals surface area contributed by atoms with Crippen molar-refractivity contribution in [2.24, 2.45) is 0 Å². The highest BCUT2D eigenvalue weighted by atomic mass is 16.1. The molecule has 0 fully saturated rings. The van der Waals surface area contributed by atoms with Gasteiger partial charge in [0.05, 0.1) is 5.56 Å². The average molecular weight is 214 g/mol. The molecule has 0 saturated carbocycles. The Kier molecular flexibility index (Phi) is 2.86. The summed E-state index contributed by atoms with van der Waals surface area (Å²) in [5, 5.41) is 4.40. The highest BCUT2D eigenvalue weighted by Crippen LogP contribution is 2.21. The van der Waals surface area contributed by atoms with Crippen molar-refractivity contribution in [1.29, 1.82) is 0 Å². The molecule has 2 rings (SSSR count). The fourth-order valence-electron chi connectivity index (χ4n) is 1.70. The van der Waals surface area contributed by atoms with Gasteiger partial charge in [0.2, 0.25) is 0 Å². The molecule has 0 aliphatic carbocycles. The van der Waals surface area contributed by atoms with Crippen LogP contribution in [0, 0.1) is 6.92 Å². The first-order valence-electron chi connectivity index (χ1n) is 5.34. The van der Waals surface area contributed by atoms with Crippen LogP contribution in [0.4, 0.5) is 0 Å². The molecule has 3 nitrogen and oxygen atoms in total. The topological polar surface area (TPSA) is 34.9 Å². The number of aldehydes is 1. The highest BCUT2D eigenvalue weighted by molar-refractivity contribution is 5.85. The maximum Gasteiger partial charge on any atom is 0.153 e. The summed E-state index contributed by atoms with van der Waals surface area (Å²) in [5.41, 5.74) is 3.57. The van der Waals surface area contributed by atoms with Crippen molar-refractivity contribution in [2.45, 2.75) is 20.4 Å². The molecule has 3 heteroatoms. The second-order valence-electron chi connectivity index (χ2n) is 3.78. The number of aromatic nitrogens is 2. The number of benzene rings is 1. The van der Waals surface area contributed by atoms with Crippen LogP contribution < -0.4 is 0 Å². The molecular weight excluding hydrogens is 200 g/mol. The van der Waals surface area contributed by atoms with E-state index in [1.165, 1.54) is 5.56 Å². The summed E-state index contributed by atoms with van der Waals surface area (Å²) in [4.78, 5) is 11.0. The summed E-state index contributed by atoms with van der Waals surface area (Å²) >= 11 is 0. The molecule has 82 valence electrons. The van der Waals surface area contributed by atoms with Gasteiger partial charge in [-0.2, -0.15) is 5.10 Å². The van der Waals surface area contributed by atoms with Crippen LogP contribution >= 0.6 is 0 Å². The number of nitrogens with zero attached hydrogens (tertiary/aromatic N) is 2. The predicted molar refractivity (Wildman–Crippen MR) is 63.5 cm³/mol. The Morgan fingerprint density at radius 3 is 2.88 bits per heavy atom. The van der Waals surface area contributed by atoms with Crippen molar-refractivity contribution in [2.75, 3.05) is 0 Å². The van der Waals surface area contributed by atoms with Crippen LogP contribution in [0.2, 0.25) is 0 Å². The van der Waals surface area contributed by atoms with E-state index < -0.39 is 0 Å². The quantitative estimate of drug-likeness (QED) is 0.736. The van der Waals surface area contributed by atoms with Crippen molar-refractivity contribution < 1.29 is 4.79 Å². The van der Waals surface area contributed by atoms with Crippen molar-refractivity contribution >= 4 is 6.29 Å². The van der Waals surface area contributed by atoms with Gasteiger partial charge in [-0.15, -0.1) is 0 Å². The lowest BCUT2D eigenvalue weighted by Gasteiger charge is -1.99. The van der Waals surface area contributed by atoms with Crippen LogP contribution in [0.1, 0.15) is 22.8 Å². The normalized spacial score (nSPS) is 10.4. The summed E-state index contributed by atoms with van der Waals surface area (Å²) in [5.74, 6) is 0. The first kappa shape index (κ1) is 10.6. The third kappa shape index (κ3) is 1.89. The van der Waals surface area contributed by atoms with Gasteiger partial charge in [0.25, 0.3) is 0 Å². The minimum Gasteiger partial charge on any atom is -0.298 e. The van der Waals surface area contributed by atoms with E-state index in [9.17, 15) is 4.79 Å². The summed E-state index contributed by atoms with van der Waals surface area (Å²) in [6.07, 6.45) is 2.64. The third-order valence-electron chi connectivity index (χ3n) is 2.53. The van der Waals surface area contributed by atoms with E-state index in [4.69, 9.17) is 0 Å². The molecule has 0 aliphatic heterocycles. The molecule has 0 amide bonds. The van der Waals surface area contributed by atoms with Gasteiger partial charge in [-0.3, -0.25) is 9.48 Å². The molecule has 2 aromatic rings. The average Bonchev–Trinajstić information content (AvgIpc) is 2.72. The predicted octanol–water partition coefficient (Wildman–Crippen LogP) is 2.69. The standard InChI is InChI=1S/C13H14N2O/c1-3-15-8-12(9-16)13(14-15)11-6-4-5-10(2)7-11/h4-9H,3H2,1-2H3. The number of aryl methyl sites for hydroxylation is 2. The van der Waals surface area contributed by atoms with Crippen molar-refractivity contribution in [3.05, 3.63) is 41.6 Å². The number of rotatable bonds is 3. The minimum absolute atomic E-state index is 0.646. The first-order chi connectivity index (χ1) is 7.74. The van der Waals surface area contributed by atoms with E-state index in [1.807, 2.05) is 38.1 Å². The van der Waals surface area contributed by atoms with Gasteiger partial charge >= 0.3 is 0 Å². The first-order valence-corrected chi connectivity index (χ1v) is 5.34. The molecule has 16 heavy (non-hydrogen) atoms. The Morgan fingerprint density at radius 2 is 2.25 bits per heavy atom. The Labute approximate surface area is 94.7 Å². The SMILES string of the molecule is CCn1cc(C=O)c(-c2cccc(C)c2)n1. The molecule has 0 spiro atoms. The van der Waals surface area contributed by atoms with E-state index in [0.717, 1.165) is 24.1 Å². The molecule has 0 atom stereocenters. The van der Waals surface area contributed by atoms with Crippen molar-refractivity contribution in [1.82, 2.24) is 9.78 Å². The largest absolute Gasteiger partial charge is 0.298 e. The molecule has 1 aromatic carbocycles. The Balaban J connectivity index is 2.54. The van der Waals surface area contributed by atoms with Gasteiger partial charge in [-0.25, -0.2) is 0 Å². The number of hydrogen-bond acceptors (Lipinski definition) is 2. The second-order valence-corrected chi connectivity index (χ2v) is 3.78. The van der Waals surface area contributed by atoms with Gasteiger partial charge in [0.1, 0.15) is 5.69 Å². The van der Waals surface area contributed by atoms with E-state index in [2.05, 4.69) is 5.10 Å². The summed E-state index contributed by atoms with van der Waals surface area (Å²) < 4.78 is 1.78. The fraction of sp³-hybridized carbons (Fsp3) is 0.231. The molecule has 0 radical (unpaired) electrons. The smallest absolute Gasteiger partial charge is 0.153 e. The summed E-state index contributed by atoms with van der Waals surface area (Å²) in [7, 11) is 0. The van der Waals surface area contributed by atoms with Crippen LogP contribution in [0.25, 0.3) is 11.3 Å². The number of hydrogen-bond donors (Lipinski definition) is 0. The van der Waals surface area contributed by atoms with E-state index >= 15 is 0 Å². The summed E-state index contributed by atoms with van der Waals surface area (Å²) in [6, 6.07) is 8.02. The monoisotopic (exact) mass is 214 g/mol. The lowest BCUT2D eigenvalue weighted by molar-refractivity contribution is 0.112. The Bertz CT molecular complexity index is 514. The number of carbonyl (C=O) groups excluding carboxylic acids is 1. The van der Waals surface area contributed by atoms with Crippen LogP contribution in [0.15, 0.2) is 30.5 Å². The maximum atomic E-state index is 11.0. The lowest BCUT2D eigenvalue weighted by Crippen LogP contribution is -1.93. The summed E-state index contributed by atoms with van der Waals surface area (Å²) in [6.45, 7) is 4.80. The molecule has 0 unspecified atom stereocenters. The number of carbonyl (C=O) groups is 1. The molecule has 0 bridgehead atoms. The maximum absolute atomic E-state index is 11.0. The van der Waals surface area contributed by atoms with Gasteiger partial charge in [-0.05, 0) is 19.9 Å². The highest BCUT2D eigenvalue weighted by Gasteiger charge is 2.09. The van der Waals surface area contributed by atoms with Crippen LogP contribution in [-0.4, -0.2) is 16.1 Å². The molecule has 1 heterocycles. The fourth-order valence-corrected chi connectivity index (χ4v) is 1.70. The van der Waals surface area contributed by atoms with E-state index in [0.29, 0.717) is 5.56 Å². The Morgan fingerprint density at radius 1 is 1.44 bits per heavy atom. The molecular formula is C13H14N2O. The molecule has 0 aliphatic rings. The zero-order chi connectivity index (χ0) is 11.5. The van der Waals surface area contributed by atoms with Gasteiger partial charge < -0.3 is 0 Å². The zero-order valence-electron chi connectivity index (χ0n) is 9.47. The van der Waals surface area contributed by atoms with E-state index in [1.54, 1.807) is 10.9 Å². The third-order valence-corrected chi connectivity index (χ3v) is 2.53. The molecule has 0 N–H and O–H groups in total. The second kappa shape index (κ2) is 4.31. The zero-order valence-corrected chi connectivity index (χ0v) is 9.47. The minimum atomic E-state index is 0.646.